The second-order valence-electron chi connectivity index (χ2n) is 7.16. The Hall–Kier alpha value is -2.22. The van der Waals surface area contributed by atoms with Crippen LogP contribution in [0.25, 0.3) is 10.8 Å². The van der Waals surface area contributed by atoms with Crippen molar-refractivity contribution >= 4 is 48.3 Å². The Morgan fingerprint density at radius 3 is 2.31 bits per heavy atom. The molecule has 1 amide bonds. The number of benzene rings is 3. The van der Waals surface area contributed by atoms with E-state index in [0.717, 1.165) is 20.9 Å². The largest absolute Gasteiger partial charge is 0.325 e. The lowest BCUT2D eigenvalue weighted by Gasteiger charge is -2.30. The third kappa shape index (κ3) is 4.22. The van der Waals surface area contributed by atoms with E-state index in [1.165, 1.54) is 4.31 Å². The molecule has 3 aromatic rings. The second-order valence-corrected chi connectivity index (χ2v) is 9.95. The van der Waals surface area contributed by atoms with E-state index < -0.39 is 10.0 Å². The van der Waals surface area contributed by atoms with E-state index in [9.17, 15) is 13.2 Å². The number of nitrogens with one attached hydrogen (secondary N) is 1. The summed E-state index contributed by atoms with van der Waals surface area (Å²) in [5, 5.41) is 4.84. The molecule has 150 valence electrons. The smallest absolute Gasteiger partial charge is 0.243 e. The first-order valence-corrected chi connectivity index (χ1v) is 11.7. The molecule has 1 saturated heterocycles. The Kier molecular flexibility index (Phi) is 5.72. The van der Waals surface area contributed by atoms with Gasteiger partial charge in [-0.2, -0.15) is 4.31 Å². The van der Waals surface area contributed by atoms with Gasteiger partial charge in [0.05, 0.1) is 10.6 Å². The summed E-state index contributed by atoms with van der Waals surface area (Å²) in [5.41, 5.74) is 0.726. The van der Waals surface area contributed by atoms with Crippen LogP contribution in [-0.2, 0) is 14.8 Å². The van der Waals surface area contributed by atoms with Crippen LogP contribution in [0.1, 0.15) is 12.8 Å². The van der Waals surface area contributed by atoms with Gasteiger partial charge in [0.2, 0.25) is 15.9 Å². The summed E-state index contributed by atoms with van der Waals surface area (Å²) in [6, 6.07) is 20.4. The molecule has 29 heavy (non-hydrogen) atoms. The van der Waals surface area contributed by atoms with Gasteiger partial charge in [-0.15, -0.1) is 0 Å². The van der Waals surface area contributed by atoms with Crippen molar-refractivity contribution in [3.8, 4) is 0 Å². The minimum Gasteiger partial charge on any atom is -0.325 e. The Balaban J connectivity index is 1.44. The summed E-state index contributed by atoms with van der Waals surface area (Å²) in [7, 11) is -3.57. The molecule has 1 N–H and O–H groups in total. The summed E-state index contributed by atoms with van der Waals surface area (Å²) in [5.74, 6) is -0.273. The van der Waals surface area contributed by atoms with Crippen molar-refractivity contribution in [2.24, 2.45) is 5.92 Å². The van der Waals surface area contributed by atoms with Crippen LogP contribution in [0.5, 0.6) is 0 Å². The number of piperidine rings is 1. The van der Waals surface area contributed by atoms with Crippen molar-refractivity contribution in [1.29, 1.82) is 0 Å². The maximum Gasteiger partial charge on any atom is 0.243 e. The second kappa shape index (κ2) is 8.26. The van der Waals surface area contributed by atoms with Crippen molar-refractivity contribution in [1.82, 2.24) is 4.31 Å². The van der Waals surface area contributed by atoms with Crippen LogP contribution in [0.15, 0.2) is 76.1 Å². The van der Waals surface area contributed by atoms with E-state index >= 15 is 0 Å². The standard InChI is InChI=1S/C22H21BrN2O3S/c23-20-7-3-4-8-21(20)24-22(26)17-11-13-25(14-12-17)29(27,28)19-10-9-16-5-1-2-6-18(16)15-19/h1-10,15,17H,11-14H2,(H,24,26). The Labute approximate surface area is 178 Å². The molecule has 0 atom stereocenters. The first-order chi connectivity index (χ1) is 13.9. The van der Waals surface area contributed by atoms with E-state index in [0.29, 0.717) is 30.8 Å². The zero-order chi connectivity index (χ0) is 20.4. The van der Waals surface area contributed by atoms with Crippen LogP contribution in [0.3, 0.4) is 0 Å². The first kappa shape index (κ1) is 20.1. The number of hydrogen-bond donors (Lipinski definition) is 1. The zero-order valence-electron chi connectivity index (χ0n) is 15.7. The van der Waals surface area contributed by atoms with Gasteiger partial charge in [-0.05, 0) is 63.8 Å². The quantitative estimate of drug-likeness (QED) is 0.601. The van der Waals surface area contributed by atoms with Gasteiger partial charge in [-0.3, -0.25) is 4.79 Å². The van der Waals surface area contributed by atoms with Gasteiger partial charge in [0, 0.05) is 23.5 Å². The van der Waals surface area contributed by atoms with E-state index in [1.807, 2.05) is 54.6 Å². The van der Waals surface area contributed by atoms with Crippen molar-refractivity contribution < 1.29 is 13.2 Å². The van der Waals surface area contributed by atoms with Crippen LogP contribution < -0.4 is 5.32 Å². The molecule has 5 nitrogen and oxygen atoms in total. The summed E-state index contributed by atoms with van der Waals surface area (Å²) in [6.45, 7) is 0.673. The third-order valence-electron chi connectivity index (χ3n) is 5.32. The Bertz CT molecular complexity index is 1160. The monoisotopic (exact) mass is 472 g/mol. The van der Waals surface area contributed by atoms with Crippen LogP contribution in [0, 0.1) is 5.92 Å². The SMILES string of the molecule is O=C(Nc1ccccc1Br)C1CCN(S(=O)(=O)c2ccc3ccccc3c2)CC1. The van der Waals surface area contributed by atoms with Gasteiger partial charge >= 0.3 is 0 Å². The number of amides is 1. The number of anilines is 1. The fourth-order valence-corrected chi connectivity index (χ4v) is 5.52. The lowest BCUT2D eigenvalue weighted by molar-refractivity contribution is -0.120. The molecular formula is C22H21BrN2O3S. The van der Waals surface area contributed by atoms with Gasteiger partial charge in [-0.1, -0.05) is 42.5 Å². The molecule has 0 bridgehead atoms. The molecular weight excluding hydrogens is 452 g/mol. The van der Waals surface area contributed by atoms with Crippen LogP contribution in [0.2, 0.25) is 0 Å². The van der Waals surface area contributed by atoms with Gasteiger partial charge in [0.1, 0.15) is 0 Å². The van der Waals surface area contributed by atoms with Crippen LogP contribution in [0.4, 0.5) is 5.69 Å². The number of rotatable bonds is 4. The number of carbonyl (C=O) groups is 1. The molecule has 1 aliphatic rings. The van der Waals surface area contributed by atoms with Gasteiger partial charge < -0.3 is 5.32 Å². The summed E-state index contributed by atoms with van der Waals surface area (Å²) in [4.78, 5) is 12.9. The number of carbonyl (C=O) groups excluding carboxylic acids is 1. The predicted octanol–water partition coefficient (Wildman–Crippen LogP) is 4.64. The van der Waals surface area contributed by atoms with Gasteiger partial charge in [-0.25, -0.2) is 8.42 Å². The summed E-state index contributed by atoms with van der Waals surface area (Å²) >= 11 is 3.43. The number of nitrogens with zero attached hydrogens (tertiary/aromatic N) is 1. The molecule has 0 saturated carbocycles. The number of para-hydroxylation sites is 1. The van der Waals surface area contributed by atoms with Crippen LogP contribution in [-0.4, -0.2) is 31.7 Å². The average Bonchev–Trinajstić information content (AvgIpc) is 2.75. The highest BCUT2D eigenvalue weighted by molar-refractivity contribution is 9.10. The number of hydrogen-bond acceptors (Lipinski definition) is 3. The normalized spacial score (nSPS) is 16.0. The van der Waals surface area contributed by atoms with E-state index in [-0.39, 0.29) is 11.8 Å². The molecule has 0 aliphatic carbocycles. The topological polar surface area (TPSA) is 66.5 Å². The molecule has 4 rings (SSSR count). The van der Waals surface area contributed by atoms with Crippen molar-refractivity contribution in [2.45, 2.75) is 17.7 Å². The van der Waals surface area contributed by atoms with Crippen molar-refractivity contribution in [3.63, 3.8) is 0 Å². The lowest BCUT2D eigenvalue weighted by Crippen LogP contribution is -2.41. The zero-order valence-corrected chi connectivity index (χ0v) is 18.1. The summed E-state index contributed by atoms with van der Waals surface area (Å²) in [6.07, 6.45) is 1.01. The molecule has 0 unspecified atom stereocenters. The number of fused-ring (bicyclic) bond motifs is 1. The van der Waals surface area contributed by atoms with E-state index in [2.05, 4.69) is 21.2 Å². The number of halogens is 1. The fraction of sp³-hybridized carbons (Fsp3) is 0.227. The molecule has 0 aromatic heterocycles. The average molecular weight is 473 g/mol. The van der Waals surface area contributed by atoms with Crippen molar-refractivity contribution in [3.05, 3.63) is 71.2 Å². The van der Waals surface area contributed by atoms with Crippen molar-refractivity contribution in [2.75, 3.05) is 18.4 Å². The lowest BCUT2D eigenvalue weighted by atomic mass is 9.97. The molecule has 1 heterocycles. The third-order valence-corrected chi connectivity index (χ3v) is 7.90. The number of sulfonamides is 1. The Morgan fingerprint density at radius 1 is 0.931 bits per heavy atom. The minimum atomic E-state index is -3.57. The Morgan fingerprint density at radius 2 is 1.59 bits per heavy atom. The fourth-order valence-electron chi connectivity index (χ4n) is 3.63. The van der Waals surface area contributed by atoms with E-state index in [4.69, 9.17) is 0 Å². The molecule has 1 aliphatic heterocycles. The predicted molar refractivity (Wildman–Crippen MR) is 118 cm³/mol. The molecule has 3 aromatic carbocycles. The van der Waals surface area contributed by atoms with Crippen LogP contribution >= 0.6 is 15.9 Å². The van der Waals surface area contributed by atoms with Gasteiger partial charge in [0.15, 0.2) is 0 Å². The highest BCUT2D eigenvalue weighted by Crippen LogP contribution is 2.28. The molecule has 0 radical (unpaired) electrons. The maximum absolute atomic E-state index is 13.1. The first-order valence-electron chi connectivity index (χ1n) is 9.49. The van der Waals surface area contributed by atoms with E-state index in [1.54, 1.807) is 12.1 Å². The molecule has 1 fully saturated rings. The molecule has 7 heteroatoms. The summed E-state index contributed by atoms with van der Waals surface area (Å²) < 4.78 is 28.4. The highest BCUT2D eigenvalue weighted by Gasteiger charge is 2.32. The minimum absolute atomic E-state index is 0.0698. The highest BCUT2D eigenvalue weighted by atomic mass is 79.9. The molecule has 0 spiro atoms. The maximum atomic E-state index is 13.1. The van der Waals surface area contributed by atoms with Gasteiger partial charge in [0.25, 0.3) is 0 Å².